The van der Waals surface area contributed by atoms with E-state index >= 15 is 0 Å². The van der Waals surface area contributed by atoms with Crippen LogP contribution in [0.4, 0.5) is 24.7 Å². The van der Waals surface area contributed by atoms with Gasteiger partial charge in [0.25, 0.3) is 5.91 Å². The lowest BCUT2D eigenvalue weighted by atomic mass is 9.89. The first-order valence-electron chi connectivity index (χ1n) is 8.99. The van der Waals surface area contributed by atoms with E-state index in [4.69, 9.17) is 11.1 Å². The number of nitrogens with two attached hydrogens (primary N) is 1. The Labute approximate surface area is 165 Å². The molecule has 1 fully saturated rings. The molecule has 0 unspecified atom stereocenters. The van der Waals surface area contributed by atoms with Gasteiger partial charge in [-0.05, 0) is 39.1 Å². The highest BCUT2D eigenvalue weighted by molar-refractivity contribution is 5.98. The van der Waals surface area contributed by atoms with E-state index in [-0.39, 0.29) is 29.2 Å². The highest BCUT2D eigenvalue weighted by Gasteiger charge is 2.32. The van der Waals surface area contributed by atoms with Crippen LogP contribution in [0.5, 0.6) is 0 Å². The number of rotatable bonds is 5. The summed E-state index contributed by atoms with van der Waals surface area (Å²) in [5.41, 5.74) is 5.23. The SMILES string of the molecule is CN(C)[C@H]1CC[C@H](n2cc(C(N)=O)c(Nc3ccc(C(F)(F)F)nc3)n2)C(=N)C1. The summed E-state index contributed by atoms with van der Waals surface area (Å²) in [7, 11) is 3.94. The molecule has 2 atom stereocenters. The summed E-state index contributed by atoms with van der Waals surface area (Å²) in [6, 6.07) is 2.01. The molecule has 0 saturated heterocycles. The van der Waals surface area contributed by atoms with Gasteiger partial charge >= 0.3 is 6.18 Å². The predicted octanol–water partition coefficient (Wildman–Crippen LogP) is 2.81. The third kappa shape index (κ3) is 4.56. The molecule has 29 heavy (non-hydrogen) atoms. The first kappa shape index (κ1) is 20.8. The minimum Gasteiger partial charge on any atom is -0.365 e. The van der Waals surface area contributed by atoms with E-state index in [0.29, 0.717) is 18.6 Å². The number of amides is 1. The van der Waals surface area contributed by atoms with Gasteiger partial charge in [-0.2, -0.15) is 18.3 Å². The number of hydrogen-bond donors (Lipinski definition) is 3. The van der Waals surface area contributed by atoms with Gasteiger partial charge in [-0.3, -0.25) is 9.48 Å². The monoisotopic (exact) mass is 409 g/mol. The number of aromatic nitrogens is 3. The molecule has 1 aliphatic rings. The molecule has 0 radical (unpaired) electrons. The molecule has 1 amide bonds. The van der Waals surface area contributed by atoms with Crippen LogP contribution in [0.1, 0.15) is 41.4 Å². The standard InChI is InChI=1S/C18H22F3N7O/c1-27(2)11-4-5-14(13(22)7-11)28-9-12(16(23)29)17(26-28)25-10-3-6-15(24-8-10)18(19,20)21/h3,6,8-9,11,14,22H,4-5,7H2,1-2H3,(H2,23,29)(H,25,26)/t11-,14-/m0/s1. The van der Waals surface area contributed by atoms with Crippen molar-refractivity contribution in [2.45, 2.75) is 37.5 Å². The second-order valence-electron chi connectivity index (χ2n) is 7.23. The van der Waals surface area contributed by atoms with Crippen molar-refractivity contribution in [1.82, 2.24) is 19.7 Å². The molecule has 0 aromatic carbocycles. The number of halogens is 3. The maximum Gasteiger partial charge on any atom is 0.433 e. The van der Waals surface area contributed by atoms with Gasteiger partial charge in [0.1, 0.15) is 11.3 Å². The minimum absolute atomic E-state index is 0.0902. The fourth-order valence-corrected chi connectivity index (χ4v) is 3.35. The Balaban J connectivity index is 1.82. The molecule has 0 spiro atoms. The molecule has 3 rings (SSSR count). The largest absolute Gasteiger partial charge is 0.433 e. The highest BCUT2D eigenvalue weighted by atomic mass is 19.4. The van der Waals surface area contributed by atoms with E-state index in [2.05, 4.69) is 20.3 Å². The van der Waals surface area contributed by atoms with E-state index in [1.807, 2.05) is 14.1 Å². The molecule has 156 valence electrons. The number of primary amides is 1. The maximum absolute atomic E-state index is 12.7. The minimum atomic E-state index is -4.54. The Morgan fingerprint density at radius 3 is 2.59 bits per heavy atom. The van der Waals surface area contributed by atoms with Gasteiger partial charge in [0.2, 0.25) is 0 Å². The maximum atomic E-state index is 12.7. The summed E-state index contributed by atoms with van der Waals surface area (Å²) >= 11 is 0. The van der Waals surface area contributed by atoms with Gasteiger partial charge in [0.05, 0.1) is 17.9 Å². The zero-order chi connectivity index (χ0) is 21.3. The van der Waals surface area contributed by atoms with Crippen molar-refractivity contribution in [3.63, 3.8) is 0 Å². The van der Waals surface area contributed by atoms with Crippen molar-refractivity contribution < 1.29 is 18.0 Å². The van der Waals surface area contributed by atoms with Crippen LogP contribution in [-0.2, 0) is 6.18 Å². The quantitative estimate of drug-likeness (QED) is 0.703. The fourth-order valence-electron chi connectivity index (χ4n) is 3.35. The Morgan fingerprint density at radius 1 is 1.34 bits per heavy atom. The predicted molar refractivity (Wildman–Crippen MR) is 101 cm³/mol. The molecule has 4 N–H and O–H groups in total. The molecule has 0 aliphatic heterocycles. The van der Waals surface area contributed by atoms with Crippen LogP contribution in [0.15, 0.2) is 24.5 Å². The van der Waals surface area contributed by atoms with Crippen molar-refractivity contribution in [2.75, 3.05) is 19.4 Å². The number of nitrogens with zero attached hydrogens (tertiary/aromatic N) is 4. The van der Waals surface area contributed by atoms with Crippen LogP contribution < -0.4 is 11.1 Å². The van der Waals surface area contributed by atoms with Gasteiger partial charge in [-0.25, -0.2) is 4.98 Å². The number of nitrogens with one attached hydrogen (secondary N) is 2. The van der Waals surface area contributed by atoms with Gasteiger partial charge in [-0.15, -0.1) is 0 Å². The Morgan fingerprint density at radius 2 is 2.07 bits per heavy atom. The van der Waals surface area contributed by atoms with Crippen molar-refractivity contribution in [2.24, 2.45) is 5.73 Å². The first-order chi connectivity index (χ1) is 13.6. The molecular formula is C18H22F3N7O. The number of pyridine rings is 1. The lowest BCUT2D eigenvalue weighted by Gasteiger charge is -2.33. The zero-order valence-electron chi connectivity index (χ0n) is 16.0. The molecule has 8 nitrogen and oxygen atoms in total. The highest BCUT2D eigenvalue weighted by Crippen LogP contribution is 2.31. The molecule has 1 saturated carbocycles. The van der Waals surface area contributed by atoms with E-state index in [1.165, 1.54) is 16.9 Å². The summed E-state index contributed by atoms with van der Waals surface area (Å²) in [5.74, 6) is -0.617. The molecule has 2 heterocycles. The third-order valence-corrected chi connectivity index (χ3v) is 4.99. The fraction of sp³-hybridized carbons (Fsp3) is 0.444. The smallest absolute Gasteiger partial charge is 0.365 e. The van der Waals surface area contributed by atoms with Gasteiger partial charge in [0.15, 0.2) is 5.82 Å². The van der Waals surface area contributed by atoms with Crippen molar-refractivity contribution >= 4 is 23.1 Å². The molecule has 1 aliphatic carbocycles. The lowest BCUT2D eigenvalue weighted by molar-refractivity contribution is -0.141. The van der Waals surface area contributed by atoms with Gasteiger partial charge in [0, 0.05) is 24.4 Å². The molecular weight excluding hydrogens is 387 g/mol. The van der Waals surface area contributed by atoms with Crippen LogP contribution in [0.25, 0.3) is 0 Å². The number of carbonyl (C=O) groups is 1. The average molecular weight is 409 g/mol. The summed E-state index contributed by atoms with van der Waals surface area (Å²) in [6.07, 6.45) is 0.0911. The van der Waals surface area contributed by atoms with Crippen LogP contribution in [0, 0.1) is 5.41 Å². The average Bonchev–Trinajstić information content (AvgIpc) is 3.05. The van der Waals surface area contributed by atoms with Crippen molar-refractivity contribution in [1.29, 1.82) is 5.41 Å². The van der Waals surface area contributed by atoms with E-state index < -0.39 is 17.8 Å². The van der Waals surface area contributed by atoms with Crippen LogP contribution in [-0.4, -0.2) is 51.4 Å². The molecule has 2 aromatic heterocycles. The molecule has 0 bridgehead atoms. The normalized spacial score (nSPS) is 20.1. The molecule has 2 aromatic rings. The van der Waals surface area contributed by atoms with Crippen LogP contribution in [0.2, 0.25) is 0 Å². The second-order valence-corrected chi connectivity index (χ2v) is 7.23. The third-order valence-electron chi connectivity index (χ3n) is 4.99. The first-order valence-corrected chi connectivity index (χ1v) is 8.99. The Bertz CT molecular complexity index is 905. The van der Waals surface area contributed by atoms with Crippen LogP contribution in [0.3, 0.4) is 0 Å². The van der Waals surface area contributed by atoms with Crippen LogP contribution >= 0.6 is 0 Å². The second kappa shape index (κ2) is 7.82. The molecule has 11 heteroatoms. The van der Waals surface area contributed by atoms with Crippen molar-refractivity contribution in [3.8, 4) is 0 Å². The summed E-state index contributed by atoms with van der Waals surface area (Å²) in [4.78, 5) is 17.3. The van der Waals surface area contributed by atoms with E-state index in [1.54, 1.807) is 0 Å². The number of alkyl halides is 3. The van der Waals surface area contributed by atoms with E-state index in [9.17, 15) is 18.0 Å². The lowest BCUT2D eigenvalue weighted by Crippen LogP contribution is -2.38. The Hall–Kier alpha value is -2.95. The topological polar surface area (TPSA) is 113 Å². The Kier molecular flexibility index (Phi) is 5.60. The number of hydrogen-bond acceptors (Lipinski definition) is 6. The van der Waals surface area contributed by atoms with Crippen molar-refractivity contribution in [3.05, 3.63) is 35.8 Å². The van der Waals surface area contributed by atoms with Gasteiger partial charge < -0.3 is 21.4 Å². The zero-order valence-corrected chi connectivity index (χ0v) is 16.0. The number of anilines is 2. The number of carbonyl (C=O) groups excluding carboxylic acids is 1. The summed E-state index contributed by atoms with van der Waals surface area (Å²) in [6.45, 7) is 0. The summed E-state index contributed by atoms with van der Waals surface area (Å²) in [5, 5.41) is 15.5. The summed E-state index contributed by atoms with van der Waals surface area (Å²) < 4.78 is 39.5. The van der Waals surface area contributed by atoms with Gasteiger partial charge in [-0.1, -0.05) is 0 Å². The van der Waals surface area contributed by atoms with E-state index in [0.717, 1.165) is 18.7 Å².